The SMILES string of the molecule is C=C(c1ccc2c(c1)Nc1ccccc1S2)c1ccc(OC)c(OC)c1. The summed E-state index contributed by atoms with van der Waals surface area (Å²) >= 11 is 1.78. The molecule has 0 saturated carbocycles. The van der Waals surface area contributed by atoms with E-state index in [0.29, 0.717) is 11.5 Å². The van der Waals surface area contributed by atoms with E-state index >= 15 is 0 Å². The molecule has 0 spiro atoms. The molecule has 0 radical (unpaired) electrons. The molecule has 3 aromatic rings. The highest BCUT2D eigenvalue weighted by Gasteiger charge is 2.16. The first kappa shape index (κ1) is 16.6. The molecule has 0 saturated heterocycles. The maximum Gasteiger partial charge on any atom is 0.161 e. The number of anilines is 2. The van der Waals surface area contributed by atoms with Crippen LogP contribution in [0.5, 0.6) is 11.5 Å². The van der Waals surface area contributed by atoms with Crippen molar-refractivity contribution in [3.8, 4) is 11.5 Å². The number of ether oxygens (including phenoxy) is 2. The van der Waals surface area contributed by atoms with Gasteiger partial charge in [0, 0.05) is 9.79 Å². The number of rotatable bonds is 4. The van der Waals surface area contributed by atoms with Crippen LogP contribution >= 0.6 is 11.8 Å². The molecule has 0 unspecified atom stereocenters. The van der Waals surface area contributed by atoms with Crippen LogP contribution in [0.4, 0.5) is 11.4 Å². The van der Waals surface area contributed by atoms with Crippen LogP contribution in [-0.2, 0) is 0 Å². The summed E-state index contributed by atoms with van der Waals surface area (Å²) < 4.78 is 10.7. The first-order valence-electron chi connectivity index (χ1n) is 8.29. The summed E-state index contributed by atoms with van der Waals surface area (Å²) in [5, 5.41) is 3.52. The van der Waals surface area contributed by atoms with Gasteiger partial charge in [-0.25, -0.2) is 0 Å². The lowest BCUT2D eigenvalue weighted by molar-refractivity contribution is 0.355. The second kappa shape index (κ2) is 6.81. The summed E-state index contributed by atoms with van der Waals surface area (Å²) in [6, 6.07) is 20.6. The van der Waals surface area contributed by atoms with E-state index in [9.17, 15) is 0 Å². The van der Waals surface area contributed by atoms with E-state index in [4.69, 9.17) is 9.47 Å². The number of methoxy groups -OCH3 is 2. The lowest BCUT2D eigenvalue weighted by Gasteiger charge is -2.21. The molecule has 1 aliphatic heterocycles. The van der Waals surface area contributed by atoms with Gasteiger partial charge in [-0.05, 0) is 53.1 Å². The number of hydrogen-bond donors (Lipinski definition) is 1. The van der Waals surface area contributed by atoms with Gasteiger partial charge in [0.2, 0.25) is 0 Å². The molecule has 3 aromatic carbocycles. The fourth-order valence-corrected chi connectivity index (χ4v) is 3.99. The van der Waals surface area contributed by atoms with Crippen LogP contribution in [0.1, 0.15) is 11.1 Å². The number of benzene rings is 3. The van der Waals surface area contributed by atoms with Gasteiger partial charge in [-0.3, -0.25) is 0 Å². The molecule has 0 atom stereocenters. The molecular weight excluding hydrogens is 342 g/mol. The van der Waals surface area contributed by atoms with Gasteiger partial charge in [0.25, 0.3) is 0 Å². The smallest absolute Gasteiger partial charge is 0.161 e. The summed E-state index contributed by atoms with van der Waals surface area (Å²) in [5.41, 5.74) is 5.26. The van der Waals surface area contributed by atoms with Crippen molar-refractivity contribution in [2.45, 2.75) is 9.79 Å². The largest absolute Gasteiger partial charge is 0.493 e. The lowest BCUT2D eigenvalue weighted by Crippen LogP contribution is -2.00. The molecule has 1 aliphatic rings. The molecule has 1 heterocycles. The molecule has 4 rings (SSSR count). The molecular formula is C22H19NO2S. The molecule has 0 fully saturated rings. The van der Waals surface area contributed by atoms with Gasteiger partial charge in [0.05, 0.1) is 25.6 Å². The van der Waals surface area contributed by atoms with E-state index in [2.05, 4.69) is 48.3 Å². The minimum atomic E-state index is 0.701. The fourth-order valence-electron chi connectivity index (χ4n) is 3.02. The quantitative estimate of drug-likeness (QED) is 0.485. The van der Waals surface area contributed by atoms with Gasteiger partial charge < -0.3 is 14.8 Å². The molecule has 0 amide bonds. The average Bonchev–Trinajstić information content (AvgIpc) is 2.70. The Bertz CT molecular complexity index is 997. The minimum absolute atomic E-state index is 0.701. The number of para-hydroxylation sites is 1. The zero-order valence-corrected chi connectivity index (χ0v) is 15.5. The number of hydrogen-bond acceptors (Lipinski definition) is 4. The summed E-state index contributed by atoms with van der Waals surface area (Å²) in [7, 11) is 3.28. The normalized spacial score (nSPS) is 11.8. The summed E-state index contributed by atoms with van der Waals surface area (Å²) in [6.45, 7) is 4.29. The van der Waals surface area contributed by atoms with E-state index in [0.717, 1.165) is 28.1 Å². The molecule has 3 nitrogen and oxygen atoms in total. The third-order valence-electron chi connectivity index (χ3n) is 4.44. The van der Waals surface area contributed by atoms with Gasteiger partial charge in [0.15, 0.2) is 11.5 Å². The van der Waals surface area contributed by atoms with Gasteiger partial charge in [-0.2, -0.15) is 0 Å². The Balaban J connectivity index is 1.66. The fraction of sp³-hybridized carbons (Fsp3) is 0.0909. The predicted molar refractivity (Wildman–Crippen MR) is 108 cm³/mol. The zero-order valence-electron chi connectivity index (χ0n) is 14.7. The van der Waals surface area contributed by atoms with Crippen molar-refractivity contribution in [1.82, 2.24) is 0 Å². The van der Waals surface area contributed by atoms with Crippen LogP contribution < -0.4 is 14.8 Å². The Hall–Kier alpha value is -2.85. The third kappa shape index (κ3) is 2.93. The third-order valence-corrected chi connectivity index (χ3v) is 5.59. The Morgan fingerprint density at radius 1 is 0.808 bits per heavy atom. The average molecular weight is 361 g/mol. The van der Waals surface area contributed by atoms with E-state index < -0.39 is 0 Å². The first-order chi connectivity index (χ1) is 12.7. The highest BCUT2D eigenvalue weighted by Crippen LogP contribution is 2.45. The lowest BCUT2D eigenvalue weighted by atomic mass is 9.98. The second-order valence-electron chi connectivity index (χ2n) is 5.98. The zero-order chi connectivity index (χ0) is 18.1. The van der Waals surface area contributed by atoms with Crippen LogP contribution in [0.25, 0.3) is 5.57 Å². The minimum Gasteiger partial charge on any atom is -0.493 e. The van der Waals surface area contributed by atoms with E-state index in [1.165, 1.54) is 9.79 Å². The molecule has 0 aliphatic carbocycles. The van der Waals surface area contributed by atoms with E-state index in [1.54, 1.807) is 26.0 Å². The van der Waals surface area contributed by atoms with Gasteiger partial charge in [-0.15, -0.1) is 0 Å². The highest BCUT2D eigenvalue weighted by molar-refractivity contribution is 7.99. The Morgan fingerprint density at radius 2 is 1.50 bits per heavy atom. The van der Waals surface area contributed by atoms with Crippen LogP contribution in [-0.4, -0.2) is 14.2 Å². The summed E-state index contributed by atoms with van der Waals surface area (Å²) in [4.78, 5) is 2.46. The van der Waals surface area contributed by atoms with E-state index in [-0.39, 0.29) is 0 Å². The van der Waals surface area contributed by atoms with Gasteiger partial charge in [0.1, 0.15) is 0 Å². The number of fused-ring (bicyclic) bond motifs is 2. The Kier molecular flexibility index (Phi) is 4.35. The van der Waals surface area contributed by atoms with Crippen molar-refractivity contribution in [3.05, 3.63) is 78.4 Å². The van der Waals surface area contributed by atoms with Crippen molar-refractivity contribution in [3.63, 3.8) is 0 Å². The molecule has 4 heteroatoms. The van der Waals surface area contributed by atoms with Crippen molar-refractivity contribution >= 4 is 28.7 Å². The predicted octanol–water partition coefficient (Wildman–Crippen LogP) is 5.97. The summed E-state index contributed by atoms with van der Waals surface area (Å²) in [5.74, 6) is 1.41. The van der Waals surface area contributed by atoms with Crippen LogP contribution in [0.15, 0.2) is 77.0 Å². The molecule has 1 N–H and O–H groups in total. The number of nitrogens with one attached hydrogen (secondary N) is 1. The molecule has 0 aromatic heterocycles. The van der Waals surface area contributed by atoms with Gasteiger partial charge >= 0.3 is 0 Å². The first-order valence-corrected chi connectivity index (χ1v) is 9.11. The van der Waals surface area contributed by atoms with Crippen LogP contribution in [0.3, 0.4) is 0 Å². The summed E-state index contributed by atoms with van der Waals surface area (Å²) in [6.07, 6.45) is 0. The molecule has 26 heavy (non-hydrogen) atoms. The van der Waals surface area contributed by atoms with Crippen LogP contribution in [0, 0.1) is 0 Å². The topological polar surface area (TPSA) is 30.5 Å². The molecule has 130 valence electrons. The highest BCUT2D eigenvalue weighted by atomic mass is 32.2. The van der Waals surface area contributed by atoms with Gasteiger partial charge in [-0.1, -0.05) is 42.6 Å². The van der Waals surface area contributed by atoms with Crippen molar-refractivity contribution in [2.75, 3.05) is 19.5 Å². The van der Waals surface area contributed by atoms with E-state index in [1.807, 2.05) is 24.3 Å². The van der Waals surface area contributed by atoms with Crippen molar-refractivity contribution < 1.29 is 9.47 Å². The second-order valence-corrected chi connectivity index (χ2v) is 7.07. The van der Waals surface area contributed by atoms with Crippen molar-refractivity contribution in [1.29, 1.82) is 0 Å². The Labute approximate surface area is 157 Å². The molecule has 0 bridgehead atoms. The van der Waals surface area contributed by atoms with Crippen molar-refractivity contribution in [2.24, 2.45) is 0 Å². The maximum absolute atomic E-state index is 5.41. The monoisotopic (exact) mass is 361 g/mol. The van der Waals surface area contributed by atoms with Crippen LogP contribution in [0.2, 0.25) is 0 Å². The Morgan fingerprint density at radius 3 is 2.31 bits per heavy atom. The standard InChI is InChI=1S/C22H19NO2S/c1-14(16-8-10-19(24-2)20(13-16)25-3)15-9-11-22-18(12-15)23-17-6-4-5-7-21(17)26-22/h4-13,23H,1H2,2-3H3. The maximum atomic E-state index is 5.41.